The molecule has 2 N–H and O–H groups in total. The van der Waals surface area contributed by atoms with E-state index in [0.29, 0.717) is 5.92 Å². The van der Waals surface area contributed by atoms with Crippen LogP contribution < -0.4 is 5.73 Å². The van der Waals surface area contributed by atoms with E-state index in [0.717, 1.165) is 22.9 Å². The highest BCUT2D eigenvalue weighted by Crippen LogP contribution is 2.39. The third-order valence-corrected chi connectivity index (χ3v) is 5.42. The first-order chi connectivity index (χ1) is 9.76. The van der Waals surface area contributed by atoms with Gasteiger partial charge >= 0.3 is 0 Å². The zero-order chi connectivity index (χ0) is 13.9. The van der Waals surface area contributed by atoms with Gasteiger partial charge in [0.15, 0.2) is 0 Å². The highest BCUT2D eigenvalue weighted by Gasteiger charge is 2.24. The predicted molar refractivity (Wildman–Crippen MR) is 87.0 cm³/mol. The minimum absolute atomic E-state index is 0.675. The molecule has 1 aliphatic rings. The minimum atomic E-state index is 0.675. The van der Waals surface area contributed by atoms with Gasteiger partial charge in [0.05, 0.1) is 10.7 Å². The molecular formula is C17H22N2S. The van der Waals surface area contributed by atoms with E-state index in [1.807, 2.05) is 29.5 Å². The molecule has 0 aliphatic heterocycles. The topological polar surface area (TPSA) is 38.9 Å². The summed E-state index contributed by atoms with van der Waals surface area (Å²) in [4.78, 5) is 4.88. The Morgan fingerprint density at radius 3 is 3.05 bits per heavy atom. The van der Waals surface area contributed by atoms with Crippen LogP contribution in [0.4, 0.5) is 5.69 Å². The second-order valence-electron chi connectivity index (χ2n) is 5.83. The van der Waals surface area contributed by atoms with Gasteiger partial charge in [-0.3, -0.25) is 0 Å². The Morgan fingerprint density at radius 1 is 1.35 bits per heavy atom. The van der Waals surface area contributed by atoms with E-state index in [1.54, 1.807) is 0 Å². The van der Waals surface area contributed by atoms with Gasteiger partial charge in [0, 0.05) is 22.5 Å². The Balaban J connectivity index is 1.80. The van der Waals surface area contributed by atoms with Crippen LogP contribution in [0.2, 0.25) is 0 Å². The fourth-order valence-corrected chi connectivity index (χ4v) is 4.17. The van der Waals surface area contributed by atoms with Crippen LogP contribution in [0.5, 0.6) is 0 Å². The van der Waals surface area contributed by atoms with Crippen LogP contribution in [0.3, 0.4) is 0 Å². The molecule has 0 radical (unpaired) electrons. The number of benzene rings is 1. The average Bonchev–Trinajstić information content (AvgIpc) is 2.97. The smallest absolute Gasteiger partial charge is 0.0963 e. The number of thiazole rings is 1. The van der Waals surface area contributed by atoms with Crippen molar-refractivity contribution in [2.24, 2.45) is 5.92 Å². The fraction of sp³-hybridized carbons (Fsp3) is 0.471. The Hall–Kier alpha value is -1.35. The van der Waals surface area contributed by atoms with Crippen LogP contribution in [0, 0.1) is 5.92 Å². The maximum absolute atomic E-state index is 5.86. The molecule has 0 spiro atoms. The van der Waals surface area contributed by atoms with E-state index in [1.165, 1.54) is 37.1 Å². The standard InChI is InChI=1S/C17H22N2S/c1-2-12-5-3-7-14(9-12)17-19-16(11-20-17)13-6-4-8-15(18)10-13/h4,6,8,10-12,14H,2-3,5,7,9,18H2,1H3. The molecule has 1 aromatic heterocycles. The van der Waals surface area contributed by atoms with E-state index in [2.05, 4.69) is 18.4 Å². The van der Waals surface area contributed by atoms with Gasteiger partial charge in [-0.05, 0) is 30.9 Å². The van der Waals surface area contributed by atoms with Crippen molar-refractivity contribution in [2.75, 3.05) is 5.73 Å². The molecule has 1 aromatic carbocycles. The molecule has 2 aromatic rings. The third kappa shape index (κ3) is 2.88. The van der Waals surface area contributed by atoms with Gasteiger partial charge in [0.25, 0.3) is 0 Å². The third-order valence-electron chi connectivity index (χ3n) is 4.41. The number of nitrogens with two attached hydrogens (primary N) is 1. The van der Waals surface area contributed by atoms with Crippen molar-refractivity contribution in [1.82, 2.24) is 4.98 Å². The summed E-state index contributed by atoms with van der Waals surface area (Å²) in [6, 6.07) is 8.01. The summed E-state index contributed by atoms with van der Waals surface area (Å²) in [7, 11) is 0. The number of hydrogen-bond donors (Lipinski definition) is 1. The summed E-state index contributed by atoms with van der Waals surface area (Å²) in [6.07, 6.45) is 6.70. The molecule has 2 nitrogen and oxygen atoms in total. The lowest BCUT2D eigenvalue weighted by molar-refractivity contribution is 0.314. The molecule has 3 heteroatoms. The van der Waals surface area contributed by atoms with Crippen LogP contribution >= 0.6 is 11.3 Å². The van der Waals surface area contributed by atoms with Crippen molar-refractivity contribution in [2.45, 2.75) is 44.9 Å². The molecule has 1 saturated carbocycles. The summed E-state index contributed by atoms with van der Waals surface area (Å²) in [5.74, 6) is 1.57. The van der Waals surface area contributed by atoms with Crippen molar-refractivity contribution in [3.8, 4) is 11.3 Å². The van der Waals surface area contributed by atoms with Crippen LogP contribution in [0.1, 0.15) is 50.0 Å². The van der Waals surface area contributed by atoms with Crippen molar-refractivity contribution in [3.63, 3.8) is 0 Å². The summed E-state index contributed by atoms with van der Waals surface area (Å²) in [5, 5.41) is 3.50. The maximum Gasteiger partial charge on any atom is 0.0963 e. The van der Waals surface area contributed by atoms with E-state index in [4.69, 9.17) is 10.7 Å². The van der Waals surface area contributed by atoms with Crippen molar-refractivity contribution < 1.29 is 0 Å². The largest absolute Gasteiger partial charge is 0.399 e. The Kier molecular flexibility index (Phi) is 4.06. The summed E-state index contributed by atoms with van der Waals surface area (Å²) in [5.41, 5.74) is 8.88. The lowest BCUT2D eigenvalue weighted by Crippen LogP contribution is -2.13. The lowest BCUT2D eigenvalue weighted by atomic mass is 9.80. The van der Waals surface area contributed by atoms with Gasteiger partial charge in [-0.1, -0.05) is 38.3 Å². The number of nitrogens with zero attached hydrogens (tertiary/aromatic N) is 1. The van der Waals surface area contributed by atoms with E-state index in [9.17, 15) is 0 Å². The molecule has 1 aliphatic carbocycles. The zero-order valence-corrected chi connectivity index (χ0v) is 12.8. The first kappa shape index (κ1) is 13.6. The van der Waals surface area contributed by atoms with Crippen LogP contribution in [0.15, 0.2) is 29.6 Å². The molecule has 2 atom stereocenters. The molecule has 20 heavy (non-hydrogen) atoms. The van der Waals surface area contributed by atoms with Gasteiger partial charge in [-0.15, -0.1) is 11.3 Å². The molecule has 0 amide bonds. The second kappa shape index (κ2) is 5.96. The molecule has 1 fully saturated rings. The number of nitrogen functional groups attached to an aromatic ring is 1. The van der Waals surface area contributed by atoms with E-state index < -0.39 is 0 Å². The molecule has 106 valence electrons. The molecule has 2 unspecified atom stereocenters. The highest BCUT2D eigenvalue weighted by atomic mass is 32.1. The number of aromatic nitrogens is 1. The molecular weight excluding hydrogens is 264 g/mol. The summed E-state index contributed by atoms with van der Waals surface area (Å²) in [6.45, 7) is 2.31. The van der Waals surface area contributed by atoms with Gasteiger partial charge in [-0.25, -0.2) is 4.98 Å². The number of hydrogen-bond acceptors (Lipinski definition) is 3. The van der Waals surface area contributed by atoms with Gasteiger partial charge in [0.1, 0.15) is 0 Å². The first-order valence-electron chi connectivity index (χ1n) is 7.57. The Labute approximate surface area is 125 Å². The number of anilines is 1. The Morgan fingerprint density at radius 2 is 2.25 bits per heavy atom. The van der Waals surface area contributed by atoms with Crippen molar-refractivity contribution in [1.29, 1.82) is 0 Å². The van der Waals surface area contributed by atoms with E-state index >= 15 is 0 Å². The summed E-state index contributed by atoms with van der Waals surface area (Å²) < 4.78 is 0. The predicted octanol–water partition coefficient (Wildman–Crippen LogP) is 5.08. The van der Waals surface area contributed by atoms with Gasteiger partial charge in [0.2, 0.25) is 0 Å². The van der Waals surface area contributed by atoms with Gasteiger partial charge in [-0.2, -0.15) is 0 Å². The van der Waals surface area contributed by atoms with Gasteiger partial charge < -0.3 is 5.73 Å². The summed E-state index contributed by atoms with van der Waals surface area (Å²) >= 11 is 1.82. The average molecular weight is 286 g/mol. The lowest BCUT2D eigenvalue weighted by Gasteiger charge is -2.26. The quantitative estimate of drug-likeness (QED) is 0.799. The first-order valence-corrected chi connectivity index (χ1v) is 8.45. The zero-order valence-electron chi connectivity index (χ0n) is 12.0. The van der Waals surface area contributed by atoms with Crippen LogP contribution in [0.25, 0.3) is 11.3 Å². The SMILES string of the molecule is CCC1CCCC(c2nc(-c3cccc(N)c3)cs2)C1. The van der Waals surface area contributed by atoms with Crippen LogP contribution in [-0.2, 0) is 0 Å². The fourth-order valence-electron chi connectivity index (χ4n) is 3.19. The van der Waals surface area contributed by atoms with Crippen LogP contribution in [-0.4, -0.2) is 4.98 Å². The molecule has 1 heterocycles. The second-order valence-corrected chi connectivity index (χ2v) is 6.72. The highest BCUT2D eigenvalue weighted by molar-refractivity contribution is 7.10. The van der Waals surface area contributed by atoms with Crippen molar-refractivity contribution in [3.05, 3.63) is 34.7 Å². The van der Waals surface area contributed by atoms with Crippen molar-refractivity contribution >= 4 is 17.0 Å². The molecule has 0 saturated heterocycles. The maximum atomic E-state index is 5.86. The minimum Gasteiger partial charge on any atom is -0.399 e. The Bertz CT molecular complexity index is 576. The molecule has 0 bridgehead atoms. The normalized spacial score (nSPS) is 22.9. The monoisotopic (exact) mass is 286 g/mol. The number of rotatable bonds is 3. The van der Waals surface area contributed by atoms with E-state index in [-0.39, 0.29) is 0 Å². The molecule has 3 rings (SSSR count).